The summed E-state index contributed by atoms with van der Waals surface area (Å²) in [6.07, 6.45) is -0.0380. The smallest absolute Gasteiger partial charge is 0.255 e. The molecule has 0 heterocycles. The first-order chi connectivity index (χ1) is 16.8. The number of benzene rings is 1. The lowest BCUT2D eigenvalue weighted by atomic mass is 9.54. The van der Waals surface area contributed by atoms with Gasteiger partial charge in [0.25, 0.3) is 5.91 Å². The van der Waals surface area contributed by atoms with E-state index in [2.05, 4.69) is 5.48 Å². The van der Waals surface area contributed by atoms with Crippen LogP contribution in [0.5, 0.6) is 5.75 Å². The average molecular weight is 502 g/mol. The Morgan fingerprint density at radius 3 is 2.47 bits per heavy atom. The van der Waals surface area contributed by atoms with Gasteiger partial charge in [0.15, 0.2) is 11.4 Å². The fourth-order valence-corrected chi connectivity index (χ4v) is 5.96. The number of Topliss-reactive ketones (excluding diaryl/α,β-unsaturated/α-hetero) is 2. The molecule has 1 amide bonds. The highest BCUT2D eigenvalue weighted by Crippen LogP contribution is 2.55. The van der Waals surface area contributed by atoms with Gasteiger partial charge in [-0.2, -0.15) is 5.48 Å². The summed E-state index contributed by atoms with van der Waals surface area (Å²) in [4.78, 5) is 46.3. The minimum atomic E-state index is -2.75. The molecular weight excluding hydrogens is 470 g/mol. The molecule has 1 aromatic carbocycles. The molecule has 4 atom stereocenters. The van der Waals surface area contributed by atoms with Gasteiger partial charge in [0, 0.05) is 18.0 Å². The Balaban J connectivity index is 1.98. The normalized spacial score (nSPS) is 30.0. The highest BCUT2D eigenvalue weighted by molar-refractivity contribution is 6.25. The standard InChI is InChI=1S/C25H31N3O8/c1-11(2)36-27-10-24(28(3)4)15-9-13-8-12-6-5-7-14(29)16(12)19(30)17(13)21(32)25(15,35)22(33)18(20(24)31)23(26)34/h5-7,11,13,15,27,29,31-32,35H,8-10H2,1-4H3,(H2,26,34)/t13-,15-,24+,25-/m0/s1. The molecule has 0 spiro atoms. The van der Waals surface area contributed by atoms with Crippen LogP contribution in [0.3, 0.4) is 0 Å². The number of hydrogen-bond donors (Lipinski definition) is 6. The van der Waals surface area contributed by atoms with Crippen molar-refractivity contribution in [2.75, 3.05) is 20.6 Å². The number of nitrogens with zero attached hydrogens (tertiary/aromatic N) is 1. The van der Waals surface area contributed by atoms with E-state index >= 15 is 0 Å². The third-order valence-corrected chi connectivity index (χ3v) is 7.62. The van der Waals surface area contributed by atoms with E-state index in [-0.39, 0.29) is 42.4 Å². The number of aliphatic hydroxyl groups excluding tert-OH is 2. The number of amides is 1. The maximum Gasteiger partial charge on any atom is 0.255 e. The molecule has 0 fully saturated rings. The molecule has 7 N–H and O–H groups in total. The van der Waals surface area contributed by atoms with Gasteiger partial charge in [0.2, 0.25) is 5.78 Å². The molecule has 11 nitrogen and oxygen atoms in total. The topological polar surface area (TPSA) is 183 Å². The lowest BCUT2D eigenvalue weighted by Crippen LogP contribution is -2.72. The lowest BCUT2D eigenvalue weighted by molar-refractivity contribution is -0.159. The molecule has 4 rings (SSSR count). The molecule has 0 aromatic heterocycles. The number of nitrogens with one attached hydrogen (secondary N) is 1. The Hall–Kier alpha value is -3.25. The molecule has 0 saturated carbocycles. The molecule has 36 heavy (non-hydrogen) atoms. The molecule has 0 saturated heterocycles. The van der Waals surface area contributed by atoms with Crippen LogP contribution in [0.25, 0.3) is 0 Å². The Morgan fingerprint density at radius 1 is 1.22 bits per heavy atom. The number of allylic oxidation sites excluding steroid dienone is 1. The summed E-state index contributed by atoms with van der Waals surface area (Å²) in [6.45, 7) is 3.34. The summed E-state index contributed by atoms with van der Waals surface area (Å²) < 4.78 is 0. The molecule has 3 aliphatic rings. The number of nitrogens with two attached hydrogens (primary N) is 1. The number of hydrogen-bond acceptors (Lipinski definition) is 10. The summed E-state index contributed by atoms with van der Waals surface area (Å²) in [5.74, 6) is -7.00. The van der Waals surface area contributed by atoms with Crippen molar-refractivity contribution in [3.63, 3.8) is 0 Å². The molecule has 0 unspecified atom stereocenters. The number of aliphatic hydroxyl groups is 3. The van der Waals surface area contributed by atoms with E-state index in [9.17, 15) is 34.8 Å². The number of ketones is 2. The van der Waals surface area contributed by atoms with Crippen LogP contribution in [0.2, 0.25) is 0 Å². The average Bonchev–Trinajstić information content (AvgIpc) is 2.77. The number of primary amides is 1. The van der Waals surface area contributed by atoms with Crippen molar-refractivity contribution in [1.29, 1.82) is 0 Å². The van der Waals surface area contributed by atoms with Crippen molar-refractivity contribution in [2.45, 2.75) is 43.9 Å². The van der Waals surface area contributed by atoms with Crippen LogP contribution in [-0.2, 0) is 20.8 Å². The number of aromatic hydroxyl groups is 1. The zero-order chi connectivity index (χ0) is 26.7. The summed E-state index contributed by atoms with van der Waals surface area (Å²) >= 11 is 0. The van der Waals surface area contributed by atoms with Crippen molar-refractivity contribution in [3.05, 3.63) is 52.0 Å². The van der Waals surface area contributed by atoms with Crippen molar-refractivity contribution < 1.29 is 39.6 Å². The Kier molecular flexibility index (Phi) is 6.24. The number of rotatable bonds is 6. The first kappa shape index (κ1) is 25.8. The van der Waals surface area contributed by atoms with Gasteiger partial charge in [0.05, 0.1) is 11.7 Å². The van der Waals surface area contributed by atoms with Crippen LogP contribution in [0.15, 0.2) is 40.9 Å². The minimum absolute atomic E-state index is 0.0138. The van der Waals surface area contributed by atoms with E-state index in [1.165, 1.54) is 11.0 Å². The molecule has 0 aliphatic heterocycles. The molecule has 1 aromatic rings. The maximum atomic E-state index is 13.5. The number of phenolic OH excluding ortho intramolecular Hbond substituents is 1. The predicted molar refractivity (Wildman–Crippen MR) is 127 cm³/mol. The monoisotopic (exact) mass is 501 g/mol. The Bertz CT molecular complexity index is 1220. The number of carbonyl (C=O) groups is 3. The van der Waals surface area contributed by atoms with E-state index in [4.69, 9.17) is 10.6 Å². The lowest BCUT2D eigenvalue weighted by Gasteiger charge is -2.56. The van der Waals surface area contributed by atoms with Crippen LogP contribution in [0, 0.1) is 11.8 Å². The fraction of sp³-hybridized carbons (Fsp3) is 0.480. The first-order valence-electron chi connectivity index (χ1n) is 11.7. The van der Waals surface area contributed by atoms with Crippen LogP contribution < -0.4 is 11.2 Å². The largest absolute Gasteiger partial charge is 0.509 e. The molecular formula is C25H31N3O8. The van der Waals surface area contributed by atoms with Crippen molar-refractivity contribution >= 4 is 17.5 Å². The van der Waals surface area contributed by atoms with Gasteiger partial charge in [0.1, 0.15) is 28.4 Å². The van der Waals surface area contributed by atoms with Crippen molar-refractivity contribution in [3.8, 4) is 5.75 Å². The Morgan fingerprint density at radius 2 is 1.89 bits per heavy atom. The van der Waals surface area contributed by atoms with Gasteiger partial charge in [-0.25, -0.2) is 0 Å². The second-order valence-electron chi connectivity index (χ2n) is 10.1. The van der Waals surface area contributed by atoms with Gasteiger partial charge in [-0.1, -0.05) is 12.1 Å². The van der Waals surface area contributed by atoms with Crippen molar-refractivity contribution in [2.24, 2.45) is 17.6 Å². The quantitative estimate of drug-likeness (QED) is 0.236. The van der Waals surface area contributed by atoms with E-state index in [1.807, 2.05) is 0 Å². The van der Waals surface area contributed by atoms with Crippen LogP contribution in [-0.4, -0.2) is 80.7 Å². The van der Waals surface area contributed by atoms with E-state index in [1.54, 1.807) is 40.1 Å². The van der Waals surface area contributed by atoms with E-state index in [0.29, 0.717) is 5.56 Å². The Labute approximate surface area is 207 Å². The minimum Gasteiger partial charge on any atom is -0.509 e. The number of likely N-dealkylation sites (N-methyl/N-ethyl adjacent to an activating group) is 1. The molecule has 11 heteroatoms. The zero-order valence-electron chi connectivity index (χ0n) is 20.5. The first-order valence-corrected chi connectivity index (χ1v) is 11.7. The SMILES string of the molecule is CC(C)ONC[C@]1(N(C)C)C(O)=C(C(N)=O)C(=O)[C@@]2(O)C(O)=C3C(=O)c4c(O)cccc4C[C@H]3C[C@H]21. The fourth-order valence-electron chi connectivity index (χ4n) is 5.96. The van der Waals surface area contributed by atoms with Gasteiger partial charge in [-0.3, -0.25) is 24.1 Å². The third-order valence-electron chi connectivity index (χ3n) is 7.62. The van der Waals surface area contributed by atoms with Crippen LogP contribution >= 0.6 is 0 Å². The van der Waals surface area contributed by atoms with E-state index in [0.717, 1.165) is 0 Å². The summed E-state index contributed by atoms with van der Waals surface area (Å²) in [5.41, 5.74) is 3.29. The third kappa shape index (κ3) is 3.38. The van der Waals surface area contributed by atoms with Gasteiger partial charge < -0.3 is 26.2 Å². The molecule has 0 bridgehead atoms. The molecule has 0 radical (unpaired) electrons. The van der Waals surface area contributed by atoms with Crippen LogP contribution in [0.1, 0.15) is 36.2 Å². The number of fused-ring (bicyclic) bond motifs is 3. The van der Waals surface area contributed by atoms with Crippen molar-refractivity contribution in [1.82, 2.24) is 10.4 Å². The van der Waals surface area contributed by atoms with Gasteiger partial charge in [-0.15, -0.1) is 0 Å². The van der Waals surface area contributed by atoms with Gasteiger partial charge >= 0.3 is 0 Å². The zero-order valence-corrected chi connectivity index (χ0v) is 20.5. The second kappa shape index (κ2) is 8.70. The predicted octanol–water partition coefficient (Wildman–Crippen LogP) is 0.420. The second-order valence-corrected chi connectivity index (χ2v) is 10.1. The number of hydroxylamine groups is 1. The summed E-state index contributed by atoms with van der Waals surface area (Å²) in [7, 11) is 3.16. The van der Waals surface area contributed by atoms with E-state index < -0.39 is 57.5 Å². The molecule has 194 valence electrons. The van der Waals surface area contributed by atoms with Gasteiger partial charge in [-0.05, 0) is 58.3 Å². The molecule has 3 aliphatic carbocycles. The van der Waals surface area contributed by atoms with Crippen LogP contribution in [0.4, 0.5) is 0 Å². The summed E-state index contributed by atoms with van der Waals surface area (Å²) in [6, 6.07) is 4.63. The number of phenols is 1. The summed E-state index contributed by atoms with van der Waals surface area (Å²) in [5, 5.41) is 45.0. The highest BCUT2D eigenvalue weighted by atomic mass is 16.7. The number of carbonyl (C=O) groups excluding carboxylic acids is 3. The highest BCUT2D eigenvalue weighted by Gasteiger charge is 2.68. The maximum absolute atomic E-state index is 13.5.